The second kappa shape index (κ2) is 12.0. The molecule has 4 atom stereocenters. The van der Waals surface area contributed by atoms with Crippen LogP contribution in [-0.2, 0) is 28.8 Å². The van der Waals surface area contributed by atoms with Crippen LogP contribution in [0.4, 0.5) is 0 Å². The number of rotatable bonds is 12. The molecule has 13 nitrogen and oxygen atoms in total. The van der Waals surface area contributed by atoms with Crippen LogP contribution < -0.4 is 27.8 Å². The predicted molar refractivity (Wildman–Crippen MR) is 111 cm³/mol. The molecule has 4 unspecified atom stereocenters. The first-order chi connectivity index (χ1) is 14.8. The van der Waals surface area contributed by atoms with Gasteiger partial charge in [-0.3, -0.25) is 24.0 Å². The number of likely N-dealkylation sites (tertiary alicyclic amines) is 1. The molecule has 32 heavy (non-hydrogen) atoms. The minimum absolute atomic E-state index is 0.197. The number of aliphatic carboxylic acids is 1. The van der Waals surface area contributed by atoms with Crippen LogP contribution in [0.15, 0.2) is 0 Å². The average molecular weight is 457 g/mol. The maximum absolute atomic E-state index is 12.9. The van der Waals surface area contributed by atoms with Gasteiger partial charge in [0.15, 0.2) is 0 Å². The molecule has 9 N–H and O–H groups in total. The van der Waals surface area contributed by atoms with E-state index in [-0.39, 0.29) is 25.8 Å². The van der Waals surface area contributed by atoms with Gasteiger partial charge in [-0.15, -0.1) is 0 Å². The summed E-state index contributed by atoms with van der Waals surface area (Å²) in [6, 6.07) is -4.51. The van der Waals surface area contributed by atoms with Crippen molar-refractivity contribution >= 4 is 35.5 Å². The Labute approximate surface area is 185 Å². The highest BCUT2D eigenvalue weighted by molar-refractivity contribution is 5.95. The minimum Gasteiger partial charge on any atom is -0.480 e. The molecule has 1 aliphatic rings. The van der Waals surface area contributed by atoms with Crippen LogP contribution in [0.3, 0.4) is 0 Å². The minimum atomic E-state index is -1.36. The lowest BCUT2D eigenvalue weighted by Gasteiger charge is -2.29. The molecule has 1 saturated heterocycles. The third kappa shape index (κ3) is 7.80. The fourth-order valence-corrected chi connectivity index (χ4v) is 3.41. The zero-order valence-corrected chi connectivity index (χ0v) is 18.2. The lowest BCUT2D eigenvalue weighted by Crippen LogP contribution is -2.58. The molecular weight excluding hydrogens is 424 g/mol. The highest BCUT2D eigenvalue weighted by Crippen LogP contribution is 2.19. The van der Waals surface area contributed by atoms with Crippen molar-refractivity contribution in [3.05, 3.63) is 0 Å². The summed E-state index contributed by atoms with van der Waals surface area (Å²) < 4.78 is 0. The lowest BCUT2D eigenvalue weighted by atomic mass is 10.0. The van der Waals surface area contributed by atoms with Crippen molar-refractivity contribution in [2.75, 3.05) is 6.54 Å². The molecule has 1 heterocycles. The van der Waals surface area contributed by atoms with Crippen molar-refractivity contribution in [3.8, 4) is 0 Å². The highest BCUT2D eigenvalue weighted by atomic mass is 16.4. The molecule has 0 aromatic carbocycles. The first-order valence-corrected chi connectivity index (χ1v) is 10.3. The summed E-state index contributed by atoms with van der Waals surface area (Å²) in [6.45, 7) is 3.57. The Morgan fingerprint density at radius 2 is 1.69 bits per heavy atom. The van der Waals surface area contributed by atoms with Crippen LogP contribution in [0.2, 0.25) is 0 Å². The van der Waals surface area contributed by atoms with E-state index >= 15 is 0 Å². The molecule has 0 aromatic rings. The van der Waals surface area contributed by atoms with Crippen LogP contribution in [0.1, 0.15) is 46.0 Å². The standard InChI is InChI=1S/C19H32N6O7/c1-9(2)15(17(29)23-11(19(31)32)5-6-13(21)26)24-16(28)12-4-3-7-25(12)18(30)10(20)8-14(22)27/h9-12,15H,3-8,20H2,1-2H3,(H2,21,26)(H2,22,27)(H,23,29)(H,24,28)(H,31,32). The van der Waals surface area contributed by atoms with Gasteiger partial charge in [-0.1, -0.05) is 13.8 Å². The molecule has 1 aliphatic heterocycles. The molecule has 5 amide bonds. The Bertz CT molecular complexity index is 756. The van der Waals surface area contributed by atoms with Crippen molar-refractivity contribution in [3.63, 3.8) is 0 Å². The predicted octanol–water partition coefficient (Wildman–Crippen LogP) is -2.84. The molecule has 0 aromatic heterocycles. The molecule has 0 spiro atoms. The molecule has 0 bridgehead atoms. The van der Waals surface area contributed by atoms with Gasteiger partial charge in [-0.25, -0.2) is 4.79 Å². The fraction of sp³-hybridized carbons (Fsp3) is 0.684. The van der Waals surface area contributed by atoms with E-state index in [0.29, 0.717) is 12.8 Å². The van der Waals surface area contributed by atoms with Gasteiger partial charge in [-0.2, -0.15) is 0 Å². The van der Waals surface area contributed by atoms with E-state index in [2.05, 4.69) is 10.6 Å². The number of nitrogens with one attached hydrogen (secondary N) is 2. The lowest BCUT2D eigenvalue weighted by molar-refractivity contribution is -0.143. The normalized spacial score (nSPS) is 18.5. The van der Waals surface area contributed by atoms with E-state index in [1.165, 1.54) is 4.90 Å². The number of primary amides is 2. The first-order valence-electron chi connectivity index (χ1n) is 10.3. The number of carbonyl (C=O) groups excluding carboxylic acids is 5. The van der Waals surface area contributed by atoms with E-state index in [4.69, 9.17) is 17.2 Å². The number of nitrogens with two attached hydrogens (primary N) is 3. The van der Waals surface area contributed by atoms with Gasteiger partial charge < -0.3 is 37.8 Å². The van der Waals surface area contributed by atoms with Crippen molar-refractivity contribution in [1.29, 1.82) is 0 Å². The van der Waals surface area contributed by atoms with E-state index in [1.54, 1.807) is 13.8 Å². The summed E-state index contributed by atoms with van der Waals surface area (Å²) >= 11 is 0. The smallest absolute Gasteiger partial charge is 0.326 e. The second-order valence-electron chi connectivity index (χ2n) is 8.10. The van der Waals surface area contributed by atoms with Crippen LogP contribution in [-0.4, -0.2) is 76.2 Å². The summed E-state index contributed by atoms with van der Waals surface area (Å²) in [7, 11) is 0. The van der Waals surface area contributed by atoms with Crippen molar-refractivity contribution < 1.29 is 33.9 Å². The van der Waals surface area contributed by atoms with E-state index in [9.17, 15) is 33.9 Å². The summed E-state index contributed by atoms with van der Waals surface area (Å²) in [5.74, 6) is -5.14. The van der Waals surface area contributed by atoms with Crippen molar-refractivity contribution in [2.24, 2.45) is 23.1 Å². The van der Waals surface area contributed by atoms with Gasteiger partial charge in [0, 0.05) is 13.0 Å². The van der Waals surface area contributed by atoms with Crippen LogP contribution in [0.5, 0.6) is 0 Å². The Morgan fingerprint density at radius 3 is 2.19 bits per heavy atom. The van der Waals surface area contributed by atoms with Gasteiger partial charge in [0.25, 0.3) is 0 Å². The summed E-state index contributed by atoms with van der Waals surface area (Å²) in [6.07, 6.45) is 0.0740. The number of hydrogen-bond acceptors (Lipinski definition) is 7. The van der Waals surface area contributed by atoms with Gasteiger partial charge in [-0.05, 0) is 25.2 Å². The third-order valence-corrected chi connectivity index (χ3v) is 5.12. The Hall–Kier alpha value is -3.22. The molecule has 0 saturated carbocycles. The van der Waals surface area contributed by atoms with E-state index < -0.39 is 65.6 Å². The molecule has 1 fully saturated rings. The molecule has 0 aliphatic carbocycles. The highest BCUT2D eigenvalue weighted by Gasteiger charge is 2.38. The quantitative estimate of drug-likeness (QED) is 0.179. The van der Waals surface area contributed by atoms with Crippen LogP contribution >= 0.6 is 0 Å². The molecule has 13 heteroatoms. The summed E-state index contributed by atoms with van der Waals surface area (Å²) in [4.78, 5) is 72.7. The Morgan fingerprint density at radius 1 is 1.06 bits per heavy atom. The molecule has 1 rings (SSSR count). The van der Waals surface area contributed by atoms with Crippen molar-refractivity contribution in [2.45, 2.75) is 70.1 Å². The Balaban J connectivity index is 2.87. The maximum Gasteiger partial charge on any atom is 0.326 e. The number of amides is 5. The van der Waals surface area contributed by atoms with E-state index in [0.717, 1.165) is 0 Å². The SMILES string of the molecule is CC(C)C(NC(=O)C1CCCN1C(=O)C(N)CC(N)=O)C(=O)NC(CCC(N)=O)C(=O)O. The Kier molecular flexibility index (Phi) is 10.0. The third-order valence-electron chi connectivity index (χ3n) is 5.12. The number of carboxylic acid groups (broad SMARTS) is 1. The zero-order chi connectivity index (χ0) is 24.6. The van der Waals surface area contributed by atoms with Crippen LogP contribution in [0, 0.1) is 5.92 Å². The first kappa shape index (κ1) is 26.8. The second-order valence-corrected chi connectivity index (χ2v) is 8.10. The number of nitrogens with zero attached hydrogens (tertiary/aromatic N) is 1. The fourth-order valence-electron chi connectivity index (χ4n) is 3.41. The number of carbonyl (C=O) groups is 6. The van der Waals surface area contributed by atoms with Crippen molar-refractivity contribution in [1.82, 2.24) is 15.5 Å². The maximum atomic E-state index is 12.9. The molecule has 180 valence electrons. The van der Waals surface area contributed by atoms with Gasteiger partial charge >= 0.3 is 5.97 Å². The zero-order valence-electron chi connectivity index (χ0n) is 18.2. The largest absolute Gasteiger partial charge is 0.480 e. The monoisotopic (exact) mass is 456 g/mol. The summed E-state index contributed by atoms with van der Waals surface area (Å²) in [5.41, 5.74) is 15.8. The molecule has 0 radical (unpaired) electrons. The van der Waals surface area contributed by atoms with E-state index in [1.807, 2.05) is 0 Å². The topological polar surface area (TPSA) is 228 Å². The number of hydrogen-bond donors (Lipinski definition) is 6. The van der Waals surface area contributed by atoms with Crippen LogP contribution in [0.25, 0.3) is 0 Å². The van der Waals surface area contributed by atoms with Gasteiger partial charge in [0.05, 0.1) is 12.5 Å². The van der Waals surface area contributed by atoms with Gasteiger partial charge in [0.1, 0.15) is 18.1 Å². The molecular formula is C19H32N6O7. The average Bonchev–Trinajstić information content (AvgIpc) is 3.16. The van der Waals surface area contributed by atoms with Gasteiger partial charge in [0.2, 0.25) is 29.5 Å². The number of carboxylic acids is 1. The summed E-state index contributed by atoms with van der Waals surface area (Å²) in [5, 5.41) is 14.2.